The van der Waals surface area contributed by atoms with Crippen molar-refractivity contribution >= 4 is 51.5 Å². The van der Waals surface area contributed by atoms with Crippen LogP contribution in [0.5, 0.6) is 0 Å². The second-order valence-electron chi connectivity index (χ2n) is 7.46. The van der Waals surface area contributed by atoms with Crippen LogP contribution in [0.15, 0.2) is 89.1 Å². The fraction of sp³-hybridized carbons (Fsp3) is 0.160. The van der Waals surface area contributed by atoms with Crippen molar-refractivity contribution in [2.75, 3.05) is 17.1 Å². The number of ether oxygens (including phenoxy) is 1. The lowest BCUT2D eigenvalue weighted by Crippen LogP contribution is -2.54. The van der Waals surface area contributed by atoms with E-state index in [1.165, 1.54) is 18.9 Å². The van der Waals surface area contributed by atoms with Crippen LogP contribution < -0.4 is 10.0 Å². The summed E-state index contributed by atoms with van der Waals surface area (Å²) in [6.07, 6.45) is 0.748. The second kappa shape index (κ2) is 8.57. The lowest BCUT2D eigenvalue weighted by Gasteiger charge is -2.47. The zero-order valence-electron chi connectivity index (χ0n) is 18.1. The second-order valence-corrected chi connectivity index (χ2v) is 9.03. The molecular formula is C25H21ClN4O2S. The van der Waals surface area contributed by atoms with Crippen molar-refractivity contribution in [3.05, 3.63) is 95.0 Å². The van der Waals surface area contributed by atoms with E-state index in [9.17, 15) is 4.79 Å². The summed E-state index contributed by atoms with van der Waals surface area (Å²) in [5.74, 6) is -0.510. The van der Waals surface area contributed by atoms with Crippen LogP contribution >= 0.6 is 23.4 Å². The average molecular weight is 477 g/mol. The molecule has 2 aliphatic heterocycles. The highest BCUT2D eigenvalue weighted by Gasteiger charge is 2.56. The first-order chi connectivity index (χ1) is 16.1. The minimum Gasteiger partial charge on any atom is -0.464 e. The number of carbonyl (C=O) groups excluding carboxylic acids is 1. The smallest absolute Gasteiger partial charge is 0.365 e. The monoisotopic (exact) mass is 476 g/mol. The largest absolute Gasteiger partial charge is 0.464 e. The van der Waals surface area contributed by atoms with Gasteiger partial charge in [-0.15, -0.1) is 0 Å². The maximum atomic E-state index is 12.7. The fourth-order valence-electron chi connectivity index (χ4n) is 4.11. The maximum Gasteiger partial charge on any atom is 0.365 e. The Morgan fingerprint density at radius 1 is 0.970 bits per heavy atom. The van der Waals surface area contributed by atoms with Crippen molar-refractivity contribution < 1.29 is 9.53 Å². The predicted octanol–water partition coefficient (Wildman–Crippen LogP) is 5.82. The molecule has 1 atom stereocenters. The van der Waals surface area contributed by atoms with Gasteiger partial charge in [-0.05, 0) is 42.4 Å². The molecule has 8 heteroatoms. The van der Waals surface area contributed by atoms with E-state index in [-0.39, 0.29) is 5.04 Å². The molecule has 33 heavy (non-hydrogen) atoms. The molecule has 0 saturated carbocycles. The van der Waals surface area contributed by atoms with Crippen LogP contribution in [-0.2, 0) is 14.5 Å². The number of para-hydroxylation sites is 2. The third-order valence-corrected chi connectivity index (χ3v) is 7.20. The number of fused-ring (bicyclic) bond motifs is 2. The van der Waals surface area contributed by atoms with Crippen molar-refractivity contribution in [2.24, 2.45) is 10.2 Å². The van der Waals surface area contributed by atoms with Gasteiger partial charge in [-0.2, -0.15) is 10.2 Å². The SMILES string of the molecule is CCC1=NN(c2ccccc2)[C@@]2(SC(C(=O)OC)=NN2c2ccccc2Cl)c2ccccc21. The van der Waals surface area contributed by atoms with Crippen molar-refractivity contribution in [3.63, 3.8) is 0 Å². The van der Waals surface area contributed by atoms with Gasteiger partial charge in [0, 0.05) is 11.1 Å². The Morgan fingerprint density at radius 3 is 2.39 bits per heavy atom. The van der Waals surface area contributed by atoms with Crippen molar-refractivity contribution in [1.29, 1.82) is 0 Å². The highest BCUT2D eigenvalue weighted by Crippen LogP contribution is 2.55. The van der Waals surface area contributed by atoms with Gasteiger partial charge in [0.15, 0.2) is 0 Å². The molecule has 0 bridgehead atoms. The van der Waals surface area contributed by atoms with E-state index >= 15 is 0 Å². The zero-order valence-corrected chi connectivity index (χ0v) is 19.7. The minimum atomic E-state index is -1.02. The normalized spacial score (nSPS) is 19.2. The lowest BCUT2D eigenvalue weighted by atomic mass is 9.96. The van der Waals surface area contributed by atoms with Crippen molar-refractivity contribution in [2.45, 2.75) is 18.3 Å². The summed E-state index contributed by atoms with van der Waals surface area (Å²) in [4.78, 5) is 11.7. The van der Waals surface area contributed by atoms with Crippen LogP contribution in [0, 0.1) is 0 Å². The minimum absolute atomic E-state index is 0.225. The topological polar surface area (TPSA) is 57.5 Å². The number of hydrogen-bond donors (Lipinski definition) is 0. The third-order valence-electron chi connectivity index (χ3n) is 5.59. The van der Waals surface area contributed by atoms with Crippen LogP contribution in [0.4, 0.5) is 11.4 Å². The quantitative estimate of drug-likeness (QED) is 0.444. The molecule has 0 radical (unpaired) electrons. The van der Waals surface area contributed by atoms with Gasteiger partial charge in [-0.3, -0.25) is 0 Å². The Balaban J connectivity index is 1.83. The molecular weight excluding hydrogens is 456 g/mol. The number of thioether (sulfide) groups is 1. The molecule has 0 N–H and O–H groups in total. The Hall–Kier alpha value is -3.29. The number of halogens is 1. The van der Waals surface area contributed by atoms with Gasteiger partial charge in [0.25, 0.3) is 0 Å². The van der Waals surface area contributed by atoms with E-state index in [1.54, 1.807) is 5.01 Å². The van der Waals surface area contributed by atoms with Gasteiger partial charge in [0.1, 0.15) is 0 Å². The number of hydrazone groups is 2. The Bertz CT molecular complexity index is 1280. The number of esters is 1. The van der Waals surface area contributed by atoms with E-state index in [0.717, 1.165) is 28.9 Å². The summed E-state index contributed by atoms with van der Waals surface area (Å²) in [6, 6.07) is 25.4. The zero-order chi connectivity index (χ0) is 23.0. The van der Waals surface area contributed by atoms with Crippen LogP contribution in [-0.4, -0.2) is 23.8 Å². The summed E-state index contributed by atoms with van der Waals surface area (Å²) in [6.45, 7) is 2.08. The Morgan fingerprint density at radius 2 is 1.67 bits per heavy atom. The number of benzene rings is 3. The van der Waals surface area contributed by atoms with E-state index in [0.29, 0.717) is 10.7 Å². The summed E-state index contributed by atoms with van der Waals surface area (Å²) in [5.41, 5.74) is 4.46. The molecule has 0 aromatic heterocycles. The molecule has 0 unspecified atom stereocenters. The Labute approximate surface area is 201 Å². The molecule has 3 aromatic carbocycles. The average Bonchev–Trinajstić information content (AvgIpc) is 3.25. The molecule has 3 aromatic rings. The molecule has 0 saturated heterocycles. The standard InChI is InChI=1S/C25H21ClN4O2S/c1-3-21-18-13-7-8-14-19(18)25(29(27-21)17-11-5-4-6-12-17)30(22-16-10-9-15-20(22)26)28-23(33-25)24(31)32-2/h4-16H,3H2,1-2H3/t25-/m0/s1. The third kappa shape index (κ3) is 3.39. The highest BCUT2D eigenvalue weighted by atomic mass is 35.5. The van der Waals surface area contributed by atoms with Gasteiger partial charge in [-0.1, -0.05) is 73.1 Å². The molecule has 0 amide bonds. The van der Waals surface area contributed by atoms with E-state index in [2.05, 4.69) is 19.1 Å². The number of nitrogens with zero attached hydrogens (tertiary/aromatic N) is 4. The molecule has 2 aliphatic rings. The van der Waals surface area contributed by atoms with Crippen LogP contribution in [0.3, 0.4) is 0 Å². The molecule has 0 aliphatic carbocycles. The fourth-order valence-corrected chi connectivity index (χ4v) is 5.63. The van der Waals surface area contributed by atoms with Gasteiger partial charge < -0.3 is 4.74 Å². The van der Waals surface area contributed by atoms with Crippen LogP contribution in [0.1, 0.15) is 24.5 Å². The molecule has 1 spiro atoms. The summed E-state index contributed by atoms with van der Waals surface area (Å²) < 4.78 is 5.05. The number of methoxy groups -OCH3 is 1. The van der Waals surface area contributed by atoms with Gasteiger partial charge in [-0.25, -0.2) is 14.8 Å². The summed E-state index contributed by atoms with van der Waals surface area (Å²) in [5, 5.41) is 14.3. The number of hydrogen-bond acceptors (Lipinski definition) is 7. The molecule has 2 heterocycles. The van der Waals surface area contributed by atoms with E-state index < -0.39 is 11.0 Å². The number of carbonyl (C=O) groups is 1. The molecule has 5 rings (SSSR count). The lowest BCUT2D eigenvalue weighted by molar-refractivity contribution is -0.132. The summed E-state index contributed by atoms with van der Waals surface area (Å²) >= 11 is 7.95. The van der Waals surface area contributed by atoms with E-state index in [4.69, 9.17) is 26.5 Å². The van der Waals surface area contributed by atoms with Crippen molar-refractivity contribution in [1.82, 2.24) is 0 Å². The van der Waals surface area contributed by atoms with E-state index in [1.807, 2.05) is 71.7 Å². The number of anilines is 2. The molecule has 0 fully saturated rings. The maximum absolute atomic E-state index is 12.7. The van der Waals surface area contributed by atoms with Gasteiger partial charge in [0.2, 0.25) is 10.0 Å². The van der Waals surface area contributed by atoms with Gasteiger partial charge >= 0.3 is 5.97 Å². The molecule has 166 valence electrons. The first kappa shape index (κ1) is 21.6. The van der Waals surface area contributed by atoms with Gasteiger partial charge in [0.05, 0.1) is 29.2 Å². The Kier molecular flexibility index (Phi) is 5.60. The van der Waals surface area contributed by atoms with Crippen molar-refractivity contribution in [3.8, 4) is 0 Å². The molecule has 6 nitrogen and oxygen atoms in total. The summed E-state index contributed by atoms with van der Waals surface area (Å²) in [7, 11) is 1.35. The first-order valence-corrected chi connectivity index (χ1v) is 11.7. The highest BCUT2D eigenvalue weighted by molar-refractivity contribution is 8.16. The first-order valence-electron chi connectivity index (χ1n) is 10.5. The van der Waals surface area contributed by atoms with Crippen LogP contribution in [0.25, 0.3) is 0 Å². The number of rotatable bonds is 4. The van der Waals surface area contributed by atoms with Crippen LogP contribution in [0.2, 0.25) is 5.02 Å². The predicted molar refractivity (Wildman–Crippen MR) is 135 cm³/mol.